The molecule has 0 aliphatic carbocycles. The Morgan fingerprint density at radius 3 is 2.46 bits per heavy atom. The van der Waals surface area contributed by atoms with Crippen molar-refractivity contribution < 1.29 is 32.4 Å². The number of rotatable bonds is 6. The minimum Gasteiger partial charge on any atom is -0.493 e. The number of benzene rings is 2. The number of ether oxygens (including phenoxy) is 2. The summed E-state index contributed by atoms with van der Waals surface area (Å²) in [4.78, 5) is 23.1. The number of carbonyl (C=O) groups is 1. The first-order chi connectivity index (χ1) is 13.1. The summed E-state index contributed by atoms with van der Waals surface area (Å²) >= 11 is 2.80. The van der Waals surface area contributed by atoms with Crippen molar-refractivity contribution in [2.24, 2.45) is 0 Å². The van der Waals surface area contributed by atoms with Crippen LogP contribution in [0.2, 0.25) is 0 Å². The number of carbonyl (C=O) groups excluding carboxylic acids is 1. The molecule has 0 unspecified atom stereocenters. The highest BCUT2D eigenvalue weighted by molar-refractivity contribution is 9.10. The normalized spacial score (nSPS) is 11.1. The molecule has 0 spiro atoms. The van der Waals surface area contributed by atoms with Crippen molar-refractivity contribution in [2.75, 3.05) is 19.0 Å². The lowest BCUT2D eigenvalue weighted by atomic mass is 10.1. The quantitative estimate of drug-likeness (QED) is 0.479. The lowest BCUT2D eigenvalue weighted by Crippen LogP contribution is -2.15. The molecule has 28 heavy (non-hydrogen) atoms. The minimum absolute atomic E-state index is 0.0660. The highest BCUT2D eigenvalue weighted by Gasteiger charge is 2.33. The van der Waals surface area contributed by atoms with E-state index in [1.807, 2.05) is 0 Å². The fourth-order valence-electron chi connectivity index (χ4n) is 2.33. The van der Waals surface area contributed by atoms with Crippen molar-refractivity contribution in [1.82, 2.24) is 0 Å². The topological polar surface area (TPSA) is 90.7 Å². The molecule has 0 heterocycles. The van der Waals surface area contributed by atoms with E-state index in [0.29, 0.717) is 0 Å². The molecule has 1 amide bonds. The Labute approximate surface area is 165 Å². The molecule has 2 rings (SSSR count). The third kappa shape index (κ3) is 4.71. The molecule has 150 valence electrons. The highest BCUT2D eigenvalue weighted by atomic mass is 79.9. The maximum atomic E-state index is 13.0. The van der Waals surface area contributed by atoms with Crippen LogP contribution in [0.3, 0.4) is 0 Å². The number of amides is 1. The Morgan fingerprint density at radius 1 is 1.25 bits per heavy atom. The number of nitrogens with one attached hydrogen (secondary N) is 1. The van der Waals surface area contributed by atoms with Gasteiger partial charge < -0.3 is 14.8 Å². The first-order valence-corrected chi connectivity index (χ1v) is 8.55. The van der Waals surface area contributed by atoms with Crippen LogP contribution in [0.1, 0.15) is 22.8 Å². The van der Waals surface area contributed by atoms with E-state index in [-0.39, 0.29) is 33.8 Å². The second-order valence-electron chi connectivity index (χ2n) is 5.36. The van der Waals surface area contributed by atoms with Gasteiger partial charge in [-0.15, -0.1) is 0 Å². The van der Waals surface area contributed by atoms with Crippen LogP contribution in [-0.2, 0) is 6.18 Å². The van der Waals surface area contributed by atoms with Crippen molar-refractivity contribution in [3.8, 4) is 11.5 Å². The average molecular weight is 463 g/mol. The molecule has 0 saturated carbocycles. The molecule has 0 bridgehead atoms. The van der Waals surface area contributed by atoms with Gasteiger partial charge in [-0.2, -0.15) is 13.2 Å². The largest absolute Gasteiger partial charge is 0.493 e. The first-order valence-electron chi connectivity index (χ1n) is 7.75. The van der Waals surface area contributed by atoms with E-state index in [4.69, 9.17) is 9.47 Å². The van der Waals surface area contributed by atoms with Gasteiger partial charge in [0.05, 0.1) is 30.3 Å². The van der Waals surface area contributed by atoms with Crippen molar-refractivity contribution in [3.63, 3.8) is 0 Å². The molecule has 0 aromatic heterocycles. The minimum atomic E-state index is -4.64. The van der Waals surface area contributed by atoms with Gasteiger partial charge in [0, 0.05) is 16.2 Å². The van der Waals surface area contributed by atoms with E-state index in [1.165, 1.54) is 13.2 Å². The maximum absolute atomic E-state index is 13.0. The summed E-state index contributed by atoms with van der Waals surface area (Å²) in [5.74, 6) is -0.830. The van der Waals surface area contributed by atoms with Gasteiger partial charge in [0.25, 0.3) is 11.6 Å². The van der Waals surface area contributed by atoms with E-state index >= 15 is 0 Å². The monoisotopic (exact) mass is 462 g/mol. The van der Waals surface area contributed by atoms with Gasteiger partial charge in [0.15, 0.2) is 11.5 Å². The Bertz CT molecular complexity index is 918. The number of alkyl halides is 3. The van der Waals surface area contributed by atoms with Crippen molar-refractivity contribution >= 4 is 33.2 Å². The van der Waals surface area contributed by atoms with Gasteiger partial charge in [-0.05, 0) is 25.1 Å². The Hall–Kier alpha value is -2.82. The summed E-state index contributed by atoms with van der Waals surface area (Å²) in [5.41, 5.74) is -2.14. The number of nitrogens with zero attached hydrogens (tertiary/aromatic N) is 1. The van der Waals surface area contributed by atoms with Gasteiger partial charge >= 0.3 is 6.18 Å². The highest BCUT2D eigenvalue weighted by Crippen LogP contribution is 2.37. The third-order valence-corrected chi connectivity index (χ3v) is 4.24. The lowest BCUT2D eigenvalue weighted by Gasteiger charge is -2.13. The maximum Gasteiger partial charge on any atom is 0.417 e. The lowest BCUT2D eigenvalue weighted by molar-refractivity contribution is -0.385. The van der Waals surface area contributed by atoms with E-state index in [9.17, 15) is 28.1 Å². The van der Waals surface area contributed by atoms with Crippen LogP contribution in [0.15, 0.2) is 34.8 Å². The Balaban J connectivity index is 2.45. The third-order valence-electron chi connectivity index (χ3n) is 3.55. The van der Waals surface area contributed by atoms with E-state index < -0.39 is 28.3 Å². The first kappa shape index (κ1) is 21.5. The standard InChI is InChI=1S/C17H14BrF3N2O5/c1-3-28-15-8-13(23(25)26)10(7-14(15)27-2)16(24)22-9-4-5-12(18)11(6-9)17(19,20)21/h4-8H,3H2,1-2H3,(H,22,24). The van der Waals surface area contributed by atoms with Gasteiger partial charge in [-0.1, -0.05) is 15.9 Å². The number of anilines is 1. The summed E-state index contributed by atoms with van der Waals surface area (Å²) in [6, 6.07) is 5.20. The number of hydrogen-bond donors (Lipinski definition) is 1. The van der Waals surface area contributed by atoms with Crippen LogP contribution in [-0.4, -0.2) is 24.5 Å². The van der Waals surface area contributed by atoms with Crippen molar-refractivity contribution in [2.45, 2.75) is 13.1 Å². The van der Waals surface area contributed by atoms with Crippen LogP contribution in [0, 0.1) is 10.1 Å². The molecular weight excluding hydrogens is 449 g/mol. The predicted molar refractivity (Wildman–Crippen MR) is 97.9 cm³/mol. The second kappa shape index (κ2) is 8.46. The second-order valence-corrected chi connectivity index (χ2v) is 6.21. The summed E-state index contributed by atoms with van der Waals surface area (Å²) in [6.07, 6.45) is -4.64. The molecular formula is C17H14BrF3N2O5. The van der Waals surface area contributed by atoms with Crippen LogP contribution in [0.5, 0.6) is 11.5 Å². The number of halogens is 4. The summed E-state index contributed by atoms with van der Waals surface area (Å²) in [7, 11) is 1.29. The molecule has 2 aromatic carbocycles. The van der Waals surface area contributed by atoms with Crippen molar-refractivity contribution in [1.29, 1.82) is 0 Å². The van der Waals surface area contributed by atoms with Crippen LogP contribution < -0.4 is 14.8 Å². The van der Waals surface area contributed by atoms with Crippen LogP contribution in [0.4, 0.5) is 24.5 Å². The van der Waals surface area contributed by atoms with Crippen molar-refractivity contribution in [3.05, 3.63) is 56.0 Å². The fourth-order valence-corrected chi connectivity index (χ4v) is 2.80. The molecule has 0 aliphatic rings. The van der Waals surface area contributed by atoms with E-state index in [0.717, 1.165) is 24.3 Å². The van der Waals surface area contributed by atoms with E-state index in [2.05, 4.69) is 21.2 Å². The molecule has 0 radical (unpaired) electrons. The van der Waals surface area contributed by atoms with Gasteiger partial charge in [0.1, 0.15) is 5.56 Å². The zero-order valence-corrected chi connectivity index (χ0v) is 16.2. The molecule has 0 aliphatic heterocycles. The van der Waals surface area contributed by atoms with Crippen LogP contribution in [0.25, 0.3) is 0 Å². The number of nitro benzene ring substituents is 1. The molecule has 0 fully saturated rings. The number of nitro groups is 1. The van der Waals surface area contributed by atoms with Gasteiger partial charge in [-0.3, -0.25) is 14.9 Å². The molecule has 7 nitrogen and oxygen atoms in total. The molecule has 0 atom stereocenters. The molecule has 0 saturated heterocycles. The molecule has 11 heteroatoms. The Kier molecular flexibility index (Phi) is 6.49. The number of hydrogen-bond acceptors (Lipinski definition) is 5. The molecule has 1 N–H and O–H groups in total. The van der Waals surface area contributed by atoms with Crippen LogP contribution >= 0.6 is 15.9 Å². The smallest absolute Gasteiger partial charge is 0.417 e. The fraction of sp³-hybridized carbons (Fsp3) is 0.235. The predicted octanol–water partition coefficient (Wildman–Crippen LogP) is 5.04. The zero-order chi connectivity index (χ0) is 21.1. The summed E-state index contributed by atoms with van der Waals surface area (Å²) in [5, 5.41) is 13.6. The van der Waals surface area contributed by atoms with E-state index in [1.54, 1.807) is 6.92 Å². The zero-order valence-electron chi connectivity index (χ0n) is 14.6. The number of methoxy groups -OCH3 is 1. The van der Waals surface area contributed by atoms with Gasteiger partial charge in [-0.25, -0.2) is 0 Å². The summed E-state index contributed by atoms with van der Waals surface area (Å²) < 4.78 is 49.2. The summed E-state index contributed by atoms with van der Waals surface area (Å²) in [6.45, 7) is 1.87. The SMILES string of the molecule is CCOc1cc([N+](=O)[O-])c(C(=O)Nc2ccc(Br)c(C(F)(F)F)c2)cc1OC. The molecule has 2 aromatic rings. The van der Waals surface area contributed by atoms with Gasteiger partial charge in [0.2, 0.25) is 0 Å². The average Bonchev–Trinajstić information content (AvgIpc) is 2.62. The Morgan fingerprint density at radius 2 is 1.93 bits per heavy atom.